The Balaban J connectivity index is 1.64. The number of carbonyl (C=O) groups excluding carboxylic acids is 2. The molecule has 0 fully saturated rings. The maximum absolute atomic E-state index is 12.5. The van der Waals surface area contributed by atoms with E-state index in [1.807, 2.05) is 0 Å². The lowest BCUT2D eigenvalue weighted by Crippen LogP contribution is -2.33. The van der Waals surface area contributed by atoms with E-state index in [0.29, 0.717) is 22.8 Å². The Kier molecular flexibility index (Phi) is 7.52. The van der Waals surface area contributed by atoms with Crippen LogP contribution in [0.5, 0.6) is 0 Å². The summed E-state index contributed by atoms with van der Waals surface area (Å²) >= 11 is 5.80. The summed E-state index contributed by atoms with van der Waals surface area (Å²) in [4.78, 5) is 47.6. The topological polar surface area (TPSA) is 136 Å². The molecule has 10 nitrogen and oxygen atoms in total. The largest absolute Gasteiger partial charge is 0.351 e. The van der Waals surface area contributed by atoms with Gasteiger partial charge < -0.3 is 10.6 Å². The number of nitrogens with zero attached hydrogens (tertiary/aromatic N) is 3. The molecule has 1 aromatic heterocycles. The fourth-order valence-corrected chi connectivity index (χ4v) is 3.16. The van der Waals surface area contributed by atoms with Gasteiger partial charge in [0.1, 0.15) is 5.69 Å². The first kappa shape index (κ1) is 23.6. The standard InChI is InChI=1S/C22H20ClN5O5/c1-14-13-19(29)21(26-27(14)17-5-2-3-6-18(17)28(32)33)22(31)24-12-4-7-20(30)25-16-10-8-15(23)9-11-16/h2-3,5-6,8-11,13H,4,7,12H2,1H3,(H,24,31)(H,25,30). The zero-order valence-electron chi connectivity index (χ0n) is 17.6. The number of halogens is 1. The van der Waals surface area contributed by atoms with Crippen LogP contribution in [0.25, 0.3) is 5.69 Å². The van der Waals surface area contributed by atoms with Gasteiger partial charge in [-0.25, -0.2) is 4.68 Å². The van der Waals surface area contributed by atoms with Crippen molar-refractivity contribution >= 4 is 34.8 Å². The molecule has 0 saturated carbocycles. The number of nitro benzene ring substituents is 1. The average Bonchev–Trinajstić information content (AvgIpc) is 2.78. The number of benzene rings is 2. The Labute approximate surface area is 193 Å². The summed E-state index contributed by atoms with van der Waals surface area (Å²) in [5, 5.41) is 21.2. The number of aromatic nitrogens is 2. The summed E-state index contributed by atoms with van der Waals surface area (Å²) in [5.41, 5.74) is -0.148. The van der Waals surface area contributed by atoms with Crippen molar-refractivity contribution in [3.8, 4) is 5.69 Å². The molecule has 1 heterocycles. The van der Waals surface area contributed by atoms with Gasteiger partial charge in [-0.1, -0.05) is 23.7 Å². The van der Waals surface area contributed by atoms with Crippen LogP contribution < -0.4 is 16.1 Å². The minimum Gasteiger partial charge on any atom is -0.351 e. The van der Waals surface area contributed by atoms with Gasteiger partial charge in [0.05, 0.1) is 4.92 Å². The number of anilines is 1. The number of hydrogen-bond donors (Lipinski definition) is 2. The number of nitro groups is 1. The molecule has 0 unspecified atom stereocenters. The highest BCUT2D eigenvalue weighted by molar-refractivity contribution is 6.30. The van der Waals surface area contributed by atoms with E-state index in [1.165, 1.54) is 28.9 Å². The number of carbonyl (C=O) groups is 2. The molecule has 0 aliphatic heterocycles. The van der Waals surface area contributed by atoms with Gasteiger partial charge in [-0.2, -0.15) is 5.10 Å². The molecule has 0 radical (unpaired) electrons. The van der Waals surface area contributed by atoms with Crippen LogP contribution in [0.2, 0.25) is 5.02 Å². The highest BCUT2D eigenvalue weighted by Gasteiger charge is 2.20. The molecule has 3 aromatic rings. The first-order valence-electron chi connectivity index (χ1n) is 9.94. The normalized spacial score (nSPS) is 10.5. The Bertz CT molecular complexity index is 1260. The molecule has 11 heteroatoms. The Morgan fingerprint density at radius 2 is 1.85 bits per heavy atom. The fraction of sp³-hybridized carbons (Fsp3) is 0.182. The molecule has 0 spiro atoms. The molecule has 3 rings (SSSR count). The maximum Gasteiger partial charge on any atom is 0.294 e. The number of para-hydroxylation sites is 2. The Morgan fingerprint density at radius 3 is 2.55 bits per heavy atom. The summed E-state index contributed by atoms with van der Waals surface area (Å²) in [5.74, 6) is -0.968. The summed E-state index contributed by atoms with van der Waals surface area (Å²) < 4.78 is 1.19. The molecular formula is C22H20ClN5O5. The minimum absolute atomic E-state index is 0.132. The summed E-state index contributed by atoms with van der Waals surface area (Å²) in [6.07, 6.45) is 0.472. The fourth-order valence-electron chi connectivity index (χ4n) is 3.04. The second-order valence-electron chi connectivity index (χ2n) is 7.07. The number of nitrogens with one attached hydrogen (secondary N) is 2. The number of aryl methyl sites for hydroxylation is 1. The first-order valence-corrected chi connectivity index (χ1v) is 10.3. The van der Waals surface area contributed by atoms with Crippen molar-refractivity contribution in [3.05, 3.63) is 91.3 Å². The predicted molar refractivity (Wildman–Crippen MR) is 123 cm³/mol. The highest BCUT2D eigenvalue weighted by atomic mass is 35.5. The van der Waals surface area contributed by atoms with Gasteiger partial charge in [-0.15, -0.1) is 0 Å². The lowest BCUT2D eigenvalue weighted by molar-refractivity contribution is -0.384. The highest BCUT2D eigenvalue weighted by Crippen LogP contribution is 2.22. The number of amides is 2. The Morgan fingerprint density at radius 1 is 1.15 bits per heavy atom. The molecule has 0 atom stereocenters. The van der Waals surface area contributed by atoms with Crippen LogP contribution in [0, 0.1) is 17.0 Å². The maximum atomic E-state index is 12.5. The molecular weight excluding hydrogens is 450 g/mol. The number of hydrogen-bond acceptors (Lipinski definition) is 6. The van der Waals surface area contributed by atoms with E-state index in [1.54, 1.807) is 37.3 Å². The van der Waals surface area contributed by atoms with Crippen molar-refractivity contribution < 1.29 is 14.5 Å². The van der Waals surface area contributed by atoms with Crippen molar-refractivity contribution in [3.63, 3.8) is 0 Å². The van der Waals surface area contributed by atoms with Crippen LogP contribution in [0.3, 0.4) is 0 Å². The molecule has 0 aliphatic carbocycles. The van der Waals surface area contributed by atoms with E-state index >= 15 is 0 Å². The van der Waals surface area contributed by atoms with Crippen LogP contribution in [0.1, 0.15) is 29.0 Å². The van der Waals surface area contributed by atoms with Crippen LogP contribution in [0.15, 0.2) is 59.4 Å². The third-order valence-corrected chi connectivity index (χ3v) is 4.88. The van der Waals surface area contributed by atoms with Crippen molar-refractivity contribution in [2.24, 2.45) is 0 Å². The van der Waals surface area contributed by atoms with Crippen molar-refractivity contribution in [1.29, 1.82) is 0 Å². The predicted octanol–water partition coefficient (Wildman–Crippen LogP) is 3.25. The quantitative estimate of drug-likeness (QED) is 0.295. The van der Waals surface area contributed by atoms with Gasteiger partial charge in [0.15, 0.2) is 5.69 Å². The molecule has 2 aromatic carbocycles. The Hall–Kier alpha value is -4.05. The monoisotopic (exact) mass is 469 g/mol. The molecule has 0 bridgehead atoms. The molecule has 2 amide bonds. The third-order valence-electron chi connectivity index (χ3n) is 4.62. The zero-order valence-corrected chi connectivity index (χ0v) is 18.3. The van der Waals surface area contributed by atoms with Gasteiger partial charge in [-0.3, -0.25) is 24.5 Å². The van der Waals surface area contributed by atoms with Gasteiger partial charge in [-0.05, 0) is 43.7 Å². The molecule has 2 N–H and O–H groups in total. The average molecular weight is 470 g/mol. The van der Waals surface area contributed by atoms with Gasteiger partial charge >= 0.3 is 0 Å². The summed E-state index contributed by atoms with van der Waals surface area (Å²) in [6.45, 7) is 1.69. The van der Waals surface area contributed by atoms with Crippen LogP contribution in [-0.4, -0.2) is 33.1 Å². The van der Waals surface area contributed by atoms with Crippen molar-refractivity contribution in [2.75, 3.05) is 11.9 Å². The summed E-state index contributed by atoms with van der Waals surface area (Å²) in [6, 6.07) is 13.7. The third kappa shape index (κ3) is 6.01. The summed E-state index contributed by atoms with van der Waals surface area (Å²) in [7, 11) is 0. The SMILES string of the molecule is Cc1cc(=O)c(C(=O)NCCCC(=O)Nc2ccc(Cl)cc2)nn1-c1ccccc1[N+](=O)[O-]. The number of rotatable bonds is 8. The van der Waals surface area contributed by atoms with E-state index in [-0.39, 0.29) is 30.2 Å². The van der Waals surface area contributed by atoms with E-state index in [9.17, 15) is 24.5 Å². The van der Waals surface area contributed by atoms with Crippen molar-refractivity contribution in [1.82, 2.24) is 15.1 Å². The van der Waals surface area contributed by atoms with Crippen molar-refractivity contribution in [2.45, 2.75) is 19.8 Å². The van der Waals surface area contributed by atoms with E-state index in [2.05, 4.69) is 15.7 Å². The van der Waals surface area contributed by atoms with Crippen LogP contribution in [-0.2, 0) is 4.79 Å². The van der Waals surface area contributed by atoms with E-state index in [4.69, 9.17) is 11.6 Å². The second kappa shape index (κ2) is 10.5. The van der Waals surface area contributed by atoms with Crippen LogP contribution >= 0.6 is 11.6 Å². The van der Waals surface area contributed by atoms with E-state index < -0.39 is 22.0 Å². The zero-order chi connectivity index (χ0) is 24.0. The lowest BCUT2D eigenvalue weighted by atomic mass is 10.2. The lowest BCUT2D eigenvalue weighted by Gasteiger charge is -2.11. The molecule has 33 heavy (non-hydrogen) atoms. The second-order valence-corrected chi connectivity index (χ2v) is 7.51. The van der Waals surface area contributed by atoms with Gasteiger partial charge in [0.25, 0.3) is 11.6 Å². The van der Waals surface area contributed by atoms with Crippen LogP contribution in [0.4, 0.5) is 11.4 Å². The van der Waals surface area contributed by atoms with E-state index in [0.717, 1.165) is 0 Å². The van der Waals surface area contributed by atoms with Gasteiger partial charge in [0.2, 0.25) is 11.3 Å². The molecule has 0 saturated heterocycles. The van der Waals surface area contributed by atoms with Gasteiger partial charge in [0, 0.05) is 41.5 Å². The smallest absolute Gasteiger partial charge is 0.294 e. The molecule has 170 valence electrons. The first-order chi connectivity index (χ1) is 15.8. The molecule has 0 aliphatic rings. The minimum atomic E-state index is -0.731.